The smallest absolute Gasteiger partial charge is 0.125 e. The highest BCUT2D eigenvalue weighted by Crippen LogP contribution is 2.24. The fourth-order valence-electron chi connectivity index (χ4n) is 1.78. The minimum absolute atomic E-state index is 0.0677. The zero-order valence-electron chi connectivity index (χ0n) is 10.9. The van der Waals surface area contributed by atoms with Gasteiger partial charge in [-0.2, -0.15) is 0 Å². The Hall–Kier alpha value is -2.07. The number of aliphatic hydroxyl groups is 1. The molecule has 1 aromatic carbocycles. The van der Waals surface area contributed by atoms with Crippen molar-refractivity contribution in [3.8, 4) is 11.5 Å². The van der Waals surface area contributed by atoms with E-state index < -0.39 is 0 Å². The van der Waals surface area contributed by atoms with E-state index in [2.05, 4.69) is 4.98 Å². The second-order valence-corrected chi connectivity index (χ2v) is 4.09. The first-order chi connectivity index (χ1) is 9.33. The molecule has 0 aliphatic rings. The van der Waals surface area contributed by atoms with E-state index in [1.807, 2.05) is 24.3 Å². The summed E-state index contributed by atoms with van der Waals surface area (Å²) < 4.78 is 10.8. The summed E-state index contributed by atoms with van der Waals surface area (Å²) in [6.07, 6.45) is 4.34. The predicted octanol–water partition coefficient (Wildman–Crippen LogP) is 2.20. The van der Waals surface area contributed by atoms with Crippen LogP contribution in [0.4, 0.5) is 0 Å². The number of hydrogen-bond acceptors (Lipinski definition) is 4. The molecule has 4 nitrogen and oxygen atoms in total. The highest BCUT2D eigenvalue weighted by atomic mass is 16.5. The molecule has 1 aromatic heterocycles. The molecular weight excluding hydrogens is 242 g/mol. The van der Waals surface area contributed by atoms with Gasteiger partial charge < -0.3 is 14.6 Å². The normalized spacial score (nSPS) is 10.2. The highest BCUT2D eigenvalue weighted by molar-refractivity contribution is 5.39. The van der Waals surface area contributed by atoms with Crippen molar-refractivity contribution in [1.29, 1.82) is 0 Å². The van der Waals surface area contributed by atoms with E-state index in [1.165, 1.54) is 5.56 Å². The Morgan fingerprint density at radius 2 is 1.95 bits per heavy atom. The van der Waals surface area contributed by atoms with Crippen molar-refractivity contribution in [3.05, 3.63) is 53.9 Å². The molecule has 0 saturated carbocycles. The SMILES string of the molecule is COc1ccc(OCCc2ccncc2)c(CO)c1. The maximum absolute atomic E-state index is 9.31. The first kappa shape index (κ1) is 13.4. The van der Waals surface area contributed by atoms with Gasteiger partial charge in [0.2, 0.25) is 0 Å². The molecule has 100 valence electrons. The van der Waals surface area contributed by atoms with Gasteiger partial charge >= 0.3 is 0 Å². The van der Waals surface area contributed by atoms with Gasteiger partial charge in [0.1, 0.15) is 11.5 Å². The molecule has 0 aliphatic heterocycles. The van der Waals surface area contributed by atoms with Crippen LogP contribution >= 0.6 is 0 Å². The lowest BCUT2D eigenvalue weighted by atomic mass is 10.2. The quantitative estimate of drug-likeness (QED) is 0.864. The number of methoxy groups -OCH3 is 1. The number of benzene rings is 1. The maximum Gasteiger partial charge on any atom is 0.125 e. The molecule has 0 radical (unpaired) electrons. The first-order valence-electron chi connectivity index (χ1n) is 6.13. The largest absolute Gasteiger partial charge is 0.497 e. The van der Waals surface area contributed by atoms with Crippen LogP contribution in [0.5, 0.6) is 11.5 Å². The van der Waals surface area contributed by atoms with Crippen LogP contribution in [0.15, 0.2) is 42.7 Å². The van der Waals surface area contributed by atoms with Crippen LogP contribution in [-0.4, -0.2) is 23.8 Å². The lowest BCUT2D eigenvalue weighted by molar-refractivity contribution is 0.262. The zero-order valence-corrected chi connectivity index (χ0v) is 10.9. The number of ether oxygens (including phenoxy) is 2. The third-order valence-corrected chi connectivity index (χ3v) is 2.84. The molecule has 0 spiro atoms. The second kappa shape index (κ2) is 6.75. The average molecular weight is 259 g/mol. The van der Waals surface area contributed by atoms with E-state index in [9.17, 15) is 5.11 Å². The number of hydrogen-bond donors (Lipinski definition) is 1. The van der Waals surface area contributed by atoms with Crippen LogP contribution in [0, 0.1) is 0 Å². The number of rotatable bonds is 6. The molecule has 0 amide bonds. The molecule has 0 saturated heterocycles. The van der Waals surface area contributed by atoms with Crippen molar-refractivity contribution in [2.75, 3.05) is 13.7 Å². The van der Waals surface area contributed by atoms with E-state index in [-0.39, 0.29) is 6.61 Å². The van der Waals surface area contributed by atoms with Gasteiger partial charge in [-0.25, -0.2) is 0 Å². The van der Waals surface area contributed by atoms with E-state index in [0.29, 0.717) is 18.1 Å². The summed E-state index contributed by atoms with van der Waals surface area (Å²) in [5, 5.41) is 9.31. The van der Waals surface area contributed by atoms with Crippen molar-refractivity contribution in [3.63, 3.8) is 0 Å². The number of aromatic nitrogens is 1. The third-order valence-electron chi connectivity index (χ3n) is 2.84. The molecule has 0 bridgehead atoms. The molecule has 1 N–H and O–H groups in total. The van der Waals surface area contributed by atoms with Crippen molar-refractivity contribution in [2.45, 2.75) is 13.0 Å². The van der Waals surface area contributed by atoms with Crippen LogP contribution in [0.25, 0.3) is 0 Å². The lowest BCUT2D eigenvalue weighted by Crippen LogP contribution is -2.03. The van der Waals surface area contributed by atoms with Gasteiger partial charge in [0, 0.05) is 24.4 Å². The Bertz CT molecular complexity index is 514. The van der Waals surface area contributed by atoms with Crippen molar-refractivity contribution < 1.29 is 14.6 Å². The number of aliphatic hydroxyl groups excluding tert-OH is 1. The van der Waals surface area contributed by atoms with Crippen LogP contribution in [0.1, 0.15) is 11.1 Å². The van der Waals surface area contributed by atoms with E-state index in [0.717, 1.165) is 12.0 Å². The molecule has 2 rings (SSSR count). The highest BCUT2D eigenvalue weighted by Gasteiger charge is 2.05. The van der Waals surface area contributed by atoms with E-state index in [1.54, 1.807) is 25.6 Å². The fraction of sp³-hybridized carbons (Fsp3) is 0.267. The summed E-state index contributed by atoms with van der Waals surface area (Å²) in [5.74, 6) is 1.41. The van der Waals surface area contributed by atoms with Gasteiger partial charge in [-0.05, 0) is 35.9 Å². The summed E-state index contributed by atoms with van der Waals surface area (Å²) in [4.78, 5) is 3.97. The van der Waals surface area contributed by atoms with E-state index >= 15 is 0 Å². The fourth-order valence-corrected chi connectivity index (χ4v) is 1.78. The number of pyridine rings is 1. The summed E-state index contributed by atoms with van der Waals surface area (Å²) >= 11 is 0. The van der Waals surface area contributed by atoms with Crippen LogP contribution in [0.3, 0.4) is 0 Å². The van der Waals surface area contributed by atoms with Crippen molar-refractivity contribution in [1.82, 2.24) is 4.98 Å². The molecule has 1 heterocycles. The minimum Gasteiger partial charge on any atom is -0.497 e. The third kappa shape index (κ3) is 3.69. The molecule has 19 heavy (non-hydrogen) atoms. The number of nitrogens with zero attached hydrogens (tertiary/aromatic N) is 1. The van der Waals surface area contributed by atoms with Crippen LogP contribution < -0.4 is 9.47 Å². The van der Waals surface area contributed by atoms with Crippen LogP contribution in [-0.2, 0) is 13.0 Å². The van der Waals surface area contributed by atoms with Gasteiger partial charge in [-0.1, -0.05) is 0 Å². The Kier molecular flexibility index (Phi) is 4.75. The molecular formula is C15H17NO3. The Morgan fingerprint density at radius 1 is 1.16 bits per heavy atom. The topological polar surface area (TPSA) is 51.6 Å². The van der Waals surface area contributed by atoms with Gasteiger partial charge in [0.15, 0.2) is 0 Å². The zero-order chi connectivity index (χ0) is 13.5. The monoisotopic (exact) mass is 259 g/mol. The van der Waals surface area contributed by atoms with Gasteiger partial charge in [0.25, 0.3) is 0 Å². The van der Waals surface area contributed by atoms with Crippen molar-refractivity contribution in [2.24, 2.45) is 0 Å². The molecule has 2 aromatic rings. The molecule has 4 heteroatoms. The maximum atomic E-state index is 9.31. The van der Waals surface area contributed by atoms with Crippen molar-refractivity contribution >= 4 is 0 Å². The molecule has 0 fully saturated rings. The van der Waals surface area contributed by atoms with E-state index in [4.69, 9.17) is 9.47 Å². The Balaban J connectivity index is 1.96. The lowest BCUT2D eigenvalue weighted by Gasteiger charge is -2.11. The molecule has 0 atom stereocenters. The first-order valence-corrected chi connectivity index (χ1v) is 6.13. The summed E-state index contributed by atoms with van der Waals surface area (Å²) in [7, 11) is 1.60. The van der Waals surface area contributed by atoms with Gasteiger partial charge in [0.05, 0.1) is 20.3 Å². The second-order valence-electron chi connectivity index (χ2n) is 4.09. The Morgan fingerprint density at radius 3 is 2.63 bits per heavy atom. The Labute approximate surface area is 112 Å². The summed E-state index contributed by atoms with van der Waals surface area (Å²) in [6, 6.07) is 9.34. The molecule has 0 aliphatic carbocycles. The van der Waals surface area contributed by atoms with Crippen LogP contribution in [0.2, 0.25) is 0 Å². The van der Waals surface area contributed by atoms with Gasteiger partial charge in [-0.3, -0.25) is 4.98 Å². The predicted molar refractivity (Wildman–Crippen MR) is 72.4 cm³/mol. The summed E-state index contributed by atoms with van der Waals surface area (Å²) in [5.41, 5.74) is 1.91. The average Bonchev–Trinajstić information content (AvgIpc) is 2.48. The standard InChI is InChI=1S/C15H17NO3/c1-18-14-2-3-15(13(10-14)11-17)19-9-6-12-4-7-16-8-5-12/h2-5,7-8,10,17H,6,9,11H2,1H3. The summed E-state index contributed by atoms with van der Waals surface area (Å²) in [6.45, 7) is 0.491. The minimum atomic E-state index is -0.0677. The van der Waals surface area contributed by atoms with Gasteiger partial charge in [-0.15, -0.1) is 0 Å². The molecule has 0 unspecified atom stereocenters.